The van der Waals surface area contributed by atoms with Gasteiger partial charge in [-0.2, -0.15) is 0 Å². The van der Waals surface area contributed by atoms with Crippen molar-refractivity contribution in [1.29, 1.82) is 0 Å². The molecule has 0 aliphatic heterocycles. The number of nitrogens with zero attached hydrogens (tertiary/aromatic N) is 1. The van der Waals surface area contributed by atoms with Gasteiger partial charge >= 0.3 is 0 Å². The van der Waals surface area contributed by atoms with Gasteiger partial charge in [-0.25, -0.2) is 4.39 Å². The monoisotopic (exact) mass is 294 g/mol. The molecule has 22 heavy (non-hydrogen) atoms. The molecular weight excluding hydrogens is 279 g/mol. The second-order valence-electron chi connectivity index (χ2n) is 4.92. The van der Waals surface area contributed by atoms with Crippen molar-refractivity contribution < 1.29 is 9.13 Å². The maximum atomic E-state index is 13.6. The average Bonchev–Trinajstić information content (AvgIpc) is 2.57. The number of hydrogen-bond donors (Lipinski definition) is 1. The van der Waals surface area contributed by atoms with Crippen molar-refractivity contribution in [2.75, 3.05) is 5.73 Å². The van der Waals surface area contributed by atoms with Crippen LogP contribution in [0.3, 0.4) is 0 Å². The summed E-state index contributed by atoms with van der Waals surface area (Å²) in [5.41, 5.74) is 8.20. The Morgan fingerprint density at radius 2 is 1.77 bits per heavy atom. The molecular formula is C18H15FN2O. The topological polar surface area (TPSA) is 48.1 Å². The quantitative estimate of drug-likeness (QED) is 0.738. The van der Waals surface area contributed by atoms with Gasteiger partial charge in [0, 0.05) is 11.8 Å². The Hall–Kier alpha value is -2.88. The number of nitrogens with two attached hydrogens (primary N) is 1. The maximum Gasteiger partial charge on any atom is 0.146 e. The van der Waals surface area contributed by atoms with Crippen molar-refractivity contribution in [3.63, 3.8) is 0 Å². The number of aromatic nitrogens is 1. The summed E-state index contributed by atoms with van der Waals surface area (Å²) in [5, 5.41) is 0. The molecule has 0 unspecified atom stereocenters. The molecule has 110 valence electrons. The predicted molar refractivity (Wildman–Crippen MR) is 84.8 cm³/mol. The number of halogens is 1. The summed E-state index contributed by atoms with van der Waals surface area (Å²) in [6.07, 6.45) is 3.31. The van der Waals surface area contributed by atoms with E-state index >= 15 is 0 Å². The molecule has 0 amide bonds. The van der Waals surface area contributed by atoms with Gasteiger partial charge in [-0.3, -0.25) is 4.98 Å². The zero-order chi connectivity index (χ0) is 15.4. The van der Waals surface area contributed by atoms with Crippen molar-refractivity contribution >= 4 is 5.69 Å². The molecule has 0 aliphatic carbocycles. The van der Waals surface area contributed by atoms with Crippen LogP contribution in [0, 0.1) is 5.82 Å². The lowest BCUT2D eigenvalue weighted by Crippen LogP contribution is -1.96. The van der Waals surface area contributed by atoms with Crippen LogP contribution in [0.5, 0.6) is 5.75 Å². The third-order valence-corrected chi connectivity index (χ3v) is 3.30. The third kappa shape index (κ3) is 3.23. The van der Waals surface area contributed by atoms with Gasteiger partial charge in [0.15, 0.2) is 0 Å². The van der Waals surface area contributed by atoms with Crippen molar-refractivity contribution in [3.05, 3.63) is 78.4 Å². The summed E-state index contributed by atoms with van der Waals surface area (Å²) in [6.45, 7) is 0.460. The van der Waals surface area contributed by atoms with Gasteiger partial charge in [-0.1, -0.05) is 36.4 Å². The molecule has 1 aromatic heterocycles. The third-order valence-electron chi connectivity index (χ3n) is 3.30. The molecule has 3 aromatic rings. The van der Waals surface area contributed by atoms with E-state index < -0.39 is 5.82 Å². The molecule has 0 bridgehead atoms. The van der Waals surface area contributed by atoms with Crippen molar-refractivity contribution in [2.24, 2.45) is 0 Å². The average molecular weight is 294 g/mol. The van der Waals surface area contributed by atoms with Crippen LogP contribution in [0.4, 0.5) is 10.1 Å². The number of benzene rings is 2. The van der Waals surface area contributed by atoms with E-state index in [0.29, 0.717) is 17.9 Å². The summed E-state index contributed by atoms with van der Waals surface area (Å²) in [6, 6.07) is 16.4. The highest BCUT2D eigenvalue weighted by molar-refractivity contribution is 5.66. The minimum atomic E-state index is -0.437. The standard InChI is InChI=1S/C18H15FN2O/c19-17-9-14(6-7-18(17)20)15-8-16(11-21-10-15)22-12-13-4-2-1-3-5-13/h1-11H,12,20H2. The van der Waals surface area contributed by atoms with E-state index in [0.717, 1.165) is 11.1 Å². The van der Waals surface area contributed by atoms with Crippen LogP contribution in [0.15, 0.2) is 67.0 Å². The predicted octanol–water partition coefficient (Wildman–Crippen LogP) is 4.05. The van der Waals surface area contributed by atoms with Crippen LogP contribution in [-0.2, 0) is 6.61 Å². The van der Waals surface area contributed by atoms with Gasteiger partial charge in [-0.05, 0) is 29.3 Å². The minimum absolute atomic E-state index is 0.133. The Kier molecular flexibility index (Phi) is 4.01. The number of ether oxygens (including phenoxy) is 1. The highest BCUT2D eigenvalue weighted by Crippen LogP contribution is 2.25. The molecule has 0 saturated carbocycles. The molecule has 0 atom stereocenters. The zero-order valence-corrected chi connectivity index (χ0v) is 11.9. The minimum Gasteiger partial charge on any atom is -0.487 e. The van der Waals surface area contributed by atoms with Gasteiger partial charge in [-0.15, -0.1) is 0 Å². The molecule has 0 spiro atoms. The molecule has 2 aromatic carbocycles. The zero-order valence-electron chi connectivity index (χ0n) is 11.9. The first-order valence-electron chi connectivity index (χ1n) is 6.89. The van der Waals surface area contributed by atoms with Crippen LogP contribution >= 0.6 is 0 Å². The van der Waals surface area contributed by atoms with Crippen LogP contribution in [0.25, 0.3) is 11.1 Å². The van der Waals surface area contributed by atoms with E-state index in [1.165, 1.54) is 6.07 Å². The Morgan fingerprint density at radius 3 is 2.55 bits per heavy atom. The molecule has 0 aliphatic rings. The smallest absolute Gasteiger partial charge is 0.146 e. The first-order valence-corrected chi connectivity index (χ1v) is 6.89. The summed E-state index contributed by atoms with van der Waals surface area (Å²) in [4.78, 5) is 4.15. The number of hydrogen-bond acceptors (Lipinski definition) is 3. The number of nitrogen functional groups attached to an aromatic ring is 1. The van der Waals surface area contributed by atoms with Crippen molar-refractivity contribution in [3.8, 4) is 16.9 Å². The lowest BCUT2D eigenvalue weighted by atomic mass is 10.1. The van der Waals surface area contributed by atoms with Crippen LogP contribution < -0.4 is 10.5 Å². The van der Waals surface area contributed by atoms with E-state index in [4.69, 9.17) is 10.5 Å². The van der Waals surface area contributed by atoms with Crippen molar-refractivity contribution in [2.45, 2.75) is 6.61 Å². The fourth-order valence-corrected chi connectivity index (χ4v) is 2.10. The number of pyridine rings is 1. The molecule has 3 nitrogen and oxygen atoms in total. The molecule has 0 radical (unpaired) electrons. The first-order chi connectivity index (χ1) is 10.7. The summed E-state index contributed by atoms with van der Waals surface area (Å²) >= 11 is 0. The normalized spacial score (nSPS) is 10.4. The van der Waals surface area contributed by atoms with Crippen LogP contribution in [0.1, 0.15) is 5.56 Å². The highest BCUT2D eigenvalue weighted by Gasteiger charge is 2.05. The van der Waals surface area contributed by atoms with Gasteiger partial charge in [0.1, 0.15) is 18.2 Å². The van der Waals surface area contributed by atoms with E-state index in [2.05, 4.69) is 4.98 Å². The number of anilines is 1. The fourth-order valence-electron chi connectivity index (χ4n) is 2.10. The highest BCUT2D eigenvalue weighted by atomic mass is 19.1. The lowest BCUT2D eigenvalue weighted by Gasteiger charge is -2.08. The summed E-state index contributed by atoms with van der Waals surface area (Å²) < 4.78 is 19.3. The van der Waals surface area contributed by atoms with Gasteiger partial charge in [0.05, 0.1) is 11.9 Å². The second-order valence-corrected chi connectivity index (χ2v) is 4.92. The summed E-state index contributed by atoms with van der Waals surface area (Å²) in [7, 11) is 0. The largest absolute Gasteiger partial charge is 0.487 e. The van der Waals surface area contributed by atoms with E-state index in [1.807, 2.05) is 36.4 Å². The second kappa shape index (κ2) is 6.26. The Labute approximate surface area is 128 Å². The summed E-state index contributed by atoms with van der Waals surface area (Å²) in [5.74, 6) is 0.201. The first kappa shape index (κ1) is 14.1. The van der Waals surface area contributed by atoms with E-state index in [9.17, 15) is 4.39 Å². The van der Waals surface area contributed by atoms with Crippen LogP contribution in [-0.4, -0.2) is 4.98 Å². The maximum absolute atomic E-state index is 13.6. The van der Waals surface area contributed by atoms with Gasteiger partial charge < -0.3 is 10.5 Å². The van der Waals surface area contributed by atoms with Gasteiger partial charge in [0.2, 0.25) is 0 Å². The van der Waals surface area contributed by atoms with E-state index in [1.54, 1.807) is 24.5 Å². The molecule has 3 rings (SSSR count). The van der Waals surface area contributed by atoms with Crippen LogP contribution in [0.2, 0.25) is 0 Å². The van der Waals surface area contributed by atoms with Gasteiger partial charge in [0.25, 0.3) is 0 Å². The lowest BCUT2D eigenvalue weighted by molar-refractivity contribution is 0.305. The Bertz CT molecular complexity index is 775. The molecule has 1 heterocycles. The SMILES string of the molecule is Nc1ccc(-c2cncc(OCc3ccccc3)c2)cc1F. The Morgan fingerprint density at radius 1 is 0.955 bits per heavy atom. The molecule has 2 N–H and O–H groups in total. The molecule has 0 saturated heterocycles. The number of rotatable bonds is 4. The molecule has 0 fully saturated rings. The van der Waals surface area contributed by atoms with Crippen molar-refractivity contribution in [1.82, 2.24) is 4.98 Å². The Balaban J connectivity index is 1.79. The fraction of sp³-hybridized carbons (Fsp3) is 0.0556. The van der Waals surface area contributed by atoms with E-state index in [-0.39, 0.29) is 5.69 Å². The molecule has 4 heteroatoms.